The molecule has 1 saturated heterocycles. The van der Waals surface area contributed by atoms with Crippen LogP contribution in [0.2, 0.25) is 5.02 Å². The van der Waals surface area contributed by atoms with Crippen LogP contribution in [0, 0.1) is 0 Å². The minimum Gasteiger partial charge on any atom is -0.369 e. The zero-order valence-electron chi connectivity index (χ0n) is 18.1. The van der Waals surface area contributed by atoms with Gasteiger partial charge in [-0.05, 0) is 42.5 Å². The number of carbonyl (C=O) groups is 1. The van der Waals surface area contributed by atoms with Crippen molar-refractivity contribution < 1.29 is 13.2 Å². The SMILES string of the molecule is O=C(NC1CCCCCCC1)c1sccc1S(=O)(=O)N1CCN(c2cccc(Cl)c2)CC1. The number of nitrogens with zero attached hydrogens (tertiary/aromatic N) is 2. The van der Waals surface area contributed by atoms with Crippen LogP contribution in [0.25, 0.3) is 0 Å². The van der Waals surface area contributed by atoms with Crippen LogP contribution in [0.4, 0.5) is 5.69 Å². The summed E-state index contributed by atoms with van der Waals surface area (Å²) in [7, 11) is -3.73. The highest BCUT2D eigenvalue weighted by atomic mass is 35.5. The molecule has 1 aromatic carbocycles. The lowest BCUT2D eigenvalue weighted by molar-refractivity contribution is 0.0931. The molecule has 1 amide bonds. The molecule has 1 aliphatic carbocycles. The fourth-order valence-corrected chi connectivity index (χ4v) is 7.43. The molecule has 2 fully saturated rings. The summed E-state index contributed by atoms with van der Waals surface area (Å²) in [4.78, 5) is 15.5. The first-order valence-electron chi connectivity index (χ1n) is 11.3. The van der Waals surface area contributed by atoms with Gasteiger partial charge in [0.1, 0.15) is 9.77 Å². The van der Waals surface area contributed by atoms with E-state index in [0.717, 1.165) is 31.4 Å². The van der Waals surface area contributed by atoms with Crippen molar-refractivity contribution in [2.24, 2.45) is 0 Å². The first kappa shape index (κ1) is 23.5. The summed E-state index contributed by atoms with van der Waals surface area (Å²) in [6, 6.07) is 9.28. The molecular formula is C23H30ClN3O3S2. The normalized spacial score (nSPS) is 19.3. The number of piperazine rings is 1. The Labute approximate surface area is 199 Å². The molecule has 9 heteroatoms. The third-order valence-corrected chi connectivity index (χ3v) is 9.52. The maximum absolute atomic E-state index is 13.4. The van der Waals surface area contributed by atoms with E-state index in [0.29, 0.717) is 36.1 Å². The Hall–Kier alpha value is -1.61. The fraction of sp³-hybridized carbons (Fsp3) is 0.522. The molecule has 1 saturated carbocycles. The molecule has 174 valence electrons. The average molecular weight is 496 g/mol. The Morgan fingerprint density at radius 1 is 1.00 bits per heavy atom. The largest absolute Gasteiger partial charge is 0.369 e. The van der Waals surface area contributed by atoms with Gasteiger partial charge in [0.05, 0.1) is 0 Å². The number of benzene rings is 1. The van der Waals surface area contributed by atoms with Gasteiger partial charge in [0.25, 0.3) is 5.91 Å². The van der Waals surface area contributed by atoms with E-state index in [2.05, 4.69) is 10.2 Å². The Balaban J connectivity index is 1.42. The minimum absolute atomic E-state index is 0.127. The molecule has 1 aliphatic heterocycles. The third kappa shape index (κ3) is 5.47. The summed E-state index contributed by atoms with van der Waals surface area (Å²) in [6.07, 6.45) is 7.81. The lowest BCUT2D eigenvalue weighted by Crippen LogP contribution is -2.49. The highest BCUT2D eigenvalue weighted by molar-refractivity contribution is 7.89. The molecule has 1 N–H and O–H groups in total. The van der Waals surface area contributed by atoms with Gasteiger partial charge in [-0.3, -0.25) is 4.79 Å². The molecule has 6 nitrogen and oxygen atoms in total. The van der Waals surface area contributed by atoms with Crippen molar-refractivity contribution in [3.05, 3.63) is 45.6 Å². The topological polar surface area (TPSA) is 69.7 Å². The molecule has 0 atom stereocenters. The van der Waals surface area contributed by atoms with Gasteiger partial charge >= 0.3 is 0 Å². The van der Waals surface area contributed by atoms with Gasteiger partial charge in [0.15, 0.2) is 0 Å². The van der Waals surface area contributed by atoms with E-state index < -0.39 is 10.0 Å². The predicted molar refractivity (Wildman–Crippen MR) is 130 cm³/mol. The zero-order chi connectivity index (χ0) is 22.6. The first-order chi connectivity index (χ1) is 15.4. The van der Waals surface area contributed by atoms with E-state index >= 15 is 0 Å². The quantitative estimate of drug-likeness (QED) is 0.649. The van der Waals surface area contributed by atoms with E-state index in [1.807, 2.05) is 24.3 Å². The molecule has 4 rings (SSSR count). The van der Waals surface area contributed by atoms with Gasteiger partial charge < -0.3 is 10.2 Å². The summed E-state index contributed by atoms with van der Waals surface area (Å²) in [6.45, 7) is 1.89. The Bertz CT molecular complexity index is 1020. The van der Waals surface area contributed by atoms with E-state index in [-0.39, 0.29) is 16.8 Å². The van der Waals surface area contributed by atoms with Gasteiger partial charge in [-0.1, -0.05) is 49.8 Å². The van der Waals surface area contributed by atoms with Gasteiger partial charge in [-0.2, -0.15) is 4.31 Å². The van der Waals surface area contributed by atoms with Gasteiger partial charge in [0, 0.05) is 42.9 Å². The maximum atomic E-state index is 13.4. The van der Waals surface area contributed by atoms with Crippen molar-refractivity contribution in [2.45, 2.75) is 55.9 Å². The number of rotatable bonds is 5. The van der Waals surface area contributed by atoms with Crippen LogP contribution >= 0.6 is 22.9 Å². The number of nitrogens with one attached hydrogen (secondary N) is 1. The molecule has 32 heavy (non-hydrogen) atoms. The van der Waals surface area contributed by atoms with Crippen molar-refractivity contribution in [1.82, 2.24) is 9.62 Å². The second-order valence-corrected chi connectivity index (χ2v) is 11.8. The van der Waals surface area contributed by atoms with Crippen LogP contribution in [0.1, 0.15) is 54.6 Å². The number of carbonyl (C=O) groups excluding carboxylic acids is 1. The first-order valence-corrected chi connectivity index (χ1v) is 14.0. The standard InChI is InChI=1S/C23H30ClN3O3S2/c24-18-7-6-10-20(17-18)26-12-14-27(15-13-26)32(29,30)21-11-16-31-22(21)23(28)25-19-8-4-2-1-3-5-9-19/h6-7,10-11,16-17,19H,1-5,8-9,12-15H2,(H,25,28). The van der Waals surface area contributed by atoms with E-state index in [1.165, 1.54) is 34.9 Å². The van der Waals surface area contributed by atoms with Gasteiger partial charge in [0.2, 0.25) is 10.0 Å². The molecule has 0 bridgehead atoms. The molecule has 2 heterocycles. The molecule has 0 radical (unpaired) electrons. The Kier molecular flexibility index (Phi) is 7.76. The number of anilines is 1. The maximum Gasteiger partial charge on any atom is 0.262 e. The van der Waals surface area contributed by atoms with Crippen molar-refractivity contribution in [2.75, 3.05) is 31.1 Å². The second kappa shape index (κ2) is 10.5. The summed E-state index contributed by atoms with van der Waals surface area (Å²) in [5.41, 5.74) is 0.990. The highest BCUT2D eigenvalue weighted by Crippen LogP contribution is 2.28. The Morgan fingerprint density at radius 2 is 1.69 bits per heavy atom. The summed E-state index contributed by atoms with van der Waals surface area (Å²) in [5, 5.41) is 5.47. The molecule has 2 aromatic rings. The van der Waals surface area contributed by atoms with Crippen molar-refractivity contribution in [3.63, 3.8) is 0 Å². The zero-order valence-corrected chi connectivity index (χ0v) is 20.5. The summed E-state index contributed by atoms with van der Waals surface area (Å²) in [5.74, 6) is -0.262. The van der Waals surface area contributed by atoms with Crippen LogP contribution in [0.3, 0.4) is 0 Å². The molecule has 0 unspecified atom stereocenters. The van der Waals surface area contributed by atoms with Crippen LogP contribution in [0.15, 0.2) is 40.6 Å². The van der Waals surface area contributed by atoms with Crippen LogP contribution in [-0.2, 0) is 10.0 Å². The van der Waals surface area contributed by atoms with Gasteiger partial charge in [-0.25, -0.2) is 8.42 Å². The minimum atomic E-state index is -3.73. The smallest absolute Gasteiger partial charge is 0.262 e. The Morgan fingerprint density at radius 3 is 2.38 bits per heavy atom. The number of hydrogen-bond donors (Lipinski definition) is 1. The van der Waals surface area contributed by atoms with E-state index in [4.69, 9.17) is 11.6 Å². The third-order valence-electron chi connectivity index (χ3n) is 6.31. The number of sulfonamides is 1. The number of hydrogen-bond acceptors (Lipinski definition) is 5. The monoisotopic (exact) mass is 495 g/mol. The lowest BCUT2D eigenvalue weighted by Gasteiger charge is -2.35. The van der Waals surface area contributed by atoms with E-state index in [9.17, 15) is 13.2 Å². The molecule has 2 aliphatic rings. The van der Waals surface area contributed by atoms with Crippen molar-refractivity contribution in [3.8, 4) is 0 Å². The average Bonchev–Trinajstić information content (AvgIpc) is 3.27. The number of amides is 1. The van der Waals surface area contributed by atoms with Crippen LogP contribution < -0.4 is 10.2 Å². The molecular weight excluding hydrogens is 466 g/mol. The lowest BCUT2D eigenvalue weighted by atomic mass is 9.97. The van der Waals surface area contributed by atoms with E-state index in [1.54, 1.807) is 11.4 Å². The molecule has 1 aromatic heterocycles. The summed E-state index contributed by atoms with van der Waals surface area (Å²) >= 11 is 7.30. The van der Waals surface area contributed by atoms with Crippen molar-refractivity contribution >= 4 is 44.6 Å². The number of halogens is 1. The second-order valence-electron chi connectivity index (χ2n) is 8.50. The number of thiophene rings is 1. The van der Waals surface area contributed by atoms with Crippen LogP contribution in [-0.4, -0.2) is 50.9 Å². The molecule has 0 spiro atoms. The van der Waals surface area contributed by atoms with Gasteiger partial charge in [-0.15, -0.1) is 11.3 Å². The van der Waals surface area contributed by atoms with Crippen molar-refractivity contribution in [1.29, 1.82) is 0 Å². The highest BCUT2D eigenvalue weighted by Gasteiger charge is 2.33. The fourth-order valence-electron chi connectivity index (χ4n) is 4.52. The van der Waals surface area contributed by atoms with Crippen LogP contribution in [0.5, 0.6) is 0 Å². The summed E-state index contributed by atoms with van der Waals surface area (Å²) < 4.78 is 28.2. The predicted octanol–water partition coefficient (Wildman–Crippen LogP) is 4.76.